The zero-order valence-electron chi connectivity index (χ0n) is 15.9. The van der Waals surface area contributed by atoms with Crippen LogP contribution < -0.4 is 4.72 Å². The number of alkyl halides is 3. The molecule has 2 aromatic heterocycles. The summed E-state index contributed by atoms with van der Waals surface area (Å²) in [6, 6.07) is 10.8. The van der Waals surface area contributed by atoms with Crippen LogP contribution in [0.2, 0.25) is 0 Å². The van der Waals surface area contributed by atoms with Gasteiger partial charge in [-0.15, -0.1) is 0 Å². The number of rotatable bonds is 5. The third-order valence-corrected chi connectivity index (χ3v) is 4.76. The van der Waals surface area contributed by atoms with E-state index in [1.165, 1.54) is 53.6 Å². The summed E-state index contributed by atoms with van der Waals surface area (Å²) in [6.45, 7) is 0. The largest absolute Gasteiger partial charge is 0.755 e. The number of nitrogens with zero attached hydrogens (tertiary/aromatic N) is 4. The molecule has 0 amide bonds. The van der Waals surface area contributed by atoms with Gasteiger partial charge in [-0.25, -0.2) is 19.3 Å². The fourth-order valence-corrected chi connectivity index (χ4v) is 3.38. The highest BCUT2D eigenvalue weighted by atomic mass is 32.2. The molecule has 12 heteroatoms. The lowest BCUT2D eigenvalue weighted by atomic mass is 9.98. The Balaban J connectivity index is 2.06. The van der Waals surface area contributed by atoms with E-state index in [4.69, 9.17) is 0 Å². The van der Waals surface area contributed by atoms with Crippen LogP contribution in [-0.4, -0.2) is 28.3 Å². The van der Waals surface area contributed by atoms with Crippen LogP contribution >= 0.6 is 0 Å². The molecule has 32 heavy (non-hydrogen) atoms. The van der Waals surface area contributed by atoms with Crippen molar-refractivity contribution < 1.29 is 26.3 Å². The molecule has 1 unspecified atom stereocenters. The van der Waals surface area contributed by atoms with Gasteiger partial charge in [0.05, 0.1) is 11.3 Å². The van der Waals surface area contributed by atoms with Crippen LogP contribution in [0.1, 0.15) is 5.82 Å². The number of benzene rings is 2. The molecule has 0 fully saturated rings. The van der Waals surface area contributed by atoms with Gasteiger partial charge < -0.3 is 9.27 Å². The lowest BCUT2D eigenvalue weighted by molar-refractivity contribution is -0.144. The Kier molecular flexibility index (Phi) is 5.72. The first kappa shape index (κ1) is 21.6. The van der Waals surface area contributed by atoms with Crippen LogP contribution in [0.4, 0.5) is 23.2 Å². The van der Waals surface area contributed by atoms with E-state index in [1.807, 2.05) is 0 Å². The highest BCUT2D eigenvalue weighted by Gasteiger charge is 2.37. The fourth-order valence-electron chi connectivity index (χ4n) is 3.06. The van der Waals surface area contributed by atoms with Gasteiger partial charge in [-0.3, -0.25) is 8.78 Å². The zero-order valence-corrected chi connectivity index (χ0v) is 16.7. The van der Waals surface area contributed by atoms with Crippen molar-refractivity contribution in [3.8, 4) is 28.2 Å². The van der Waals surface area contributed by atoms with E-state index in [-0.39, 0.29) is 28.3 Å². The second-order valence-electron chi connectivity index (χ2n) is 6.49. The Labute approximate surface area is 181 Å². The molecule has 0 saturated carbocycles. The predicted molar refractivity (Wildman–Crippen MR) is 108 cm³/mol. The number of hydrogen-bond acceptors (Lipinski definition) is 5. The van der Waals surface area contributed by atoms with Crippen LogP contribution in [-0.2, 0) is 17.4 Å². The van der Waals surface area contributed by atoms with Crippen molar-refractivity contribution in [3.63, 3.8) is 0 Å². The summed E-state index contributed by atoms with van der Waals surface area (Å²) in [4.78, 5) is 11.3. The Bertz CT molecular complexity index is 1280. The summed E-state index contributed by atoms with van der Waals surface area (Å²) in [6.07, 6.45) is -0.800. The molecule has 0 bridgehead atoms. The van der Waals surface area contributed by atoms with Crippen molar-refractivity contribution in [1.82, 2.24) is 19.5 Å². The summed E-state index contributed by atoms with van der Waals surface area (Å²) >= 11 is -2.61. The van der Waals surface area contributed by atoms with Gasteiger partial charge in [0.1, 0.15) is 12.1 Å². The molecular formula is C20H12F4N5O2S-. The highest BCUT2D eigenvalue weighted by Crippen LogP contribution is 2.38. The topological polar surface area (TPSA) is 95.8 Å². The minimum absolute atomic E-state index is 0.114. The standard InChI is InChI=1S/C20H13F4N5O2S/c21-14-6-4-12(5-7-14)17-16(13-2-1-3-15(10-13)28-32(30)31)18(29-9-8-25-11-29)27-19(26-17)20(22,23)24/h1-11,28H,(H,30,31)/p-1. The Hall–Kier alpha value is -3.64. The van der Waals surface area contributed by atoms with E-state index >= 15 is 0 Å². The number of nitrogens with one attached hydrogen (secondary N) is 1. The van der Waals surface area contributed by atoms with Gasteiger partial charge in [-0.2, -0.15) is 13.2 Å². The molecule has 0 aliphatic carbocycles. The molecule has 0 radical (unpaired) electrons. The first-order valence-corrected chi connectivity index (χ1v) is 10.00. The summed E-state index contributed by atoms with van der Waals surface area (Å²) in [5.41, 5.74) is 0.773. The molecule has 0 saturated heterocycles. The van der Waals surface area contributed by atoms with Crippen molar-refractivity contribution in [2.75, 3.05) is 4.72 Å². The second kappa shape index (κ2) is 8.48. The second-order valence-corrected chi connectivity index (χ2v) is 7.16. The van der Waals surface area contributed by atoms with E-state index < -0.39 is 29.1 Å². The Morgan fingerprint density at radius 3 is 2.41 bits per heavy atom. The van der Waals surface area contributed by atoms with Crippen molar-refractivity contribution >= 4 is 17.0 Å². The molecule has 0 aliphatic rings. The molecule has 4 aromatic rings. The van der Waals surface area contributed by atoms with Crippen LogP contribution in [0.5, 0.6) is 0 Å². The van der Waals surface area contributed by atoms with E-state index in [0.717, 1.165) is 12.1 Å². The molecule has 2 aromatic carbocycles. The molecule has 4 rings (SSSR count). The zero-order chi connectivity index (χ0) is 22.9. The fraction of sp³-hybridized carbons (Fsp3) is 0.0500. The molecule has 164 valence electrons. The van der Waals surface area contributed by atoms with E-state index in [1.54, 1.807) is 6.07 Å². The molecule has 0 aliphatic heterocycles. The minimum Gasteiger partial charge on any atom is -0.755 e. The number of hydrogen-bond donors (Lipinski definition) is 1. The van der Waals surface area contributed by atoms with Crippen LogP contribution in [0.15, 0.2) is 67.3 Å². The van der Waals surface area contributed by atoms with Crippen molar-refractivity contribution in [1.29, 1.82) is 0 Å². The van der Waals surface area contributed by atoms with Crippen LogP contribution in [0.25, 0.3) is 28.2 Å². The van der Waals surface area contributed by atoms with Gasteiger partial charge >= 0.3 is 6.18 Å². The summed E-state index contributed by atoms with van der Waals surface area (Å²) < 4.78 is 79.9. The first-order valence-electron chi connectivity index (χ1n) is 8.92. The highest BCUT2D eigenvalue weighted by molar-refractivity contribution is 7.80. The van der Waals surface area contributed by atoms with Crippen molar-refractivity contribution in [3.05, 3.63) is 78.9 Å². The molecule has 0 spiro atoms. The maximum Gasteiger partial charge on any atom is 0.451 e. The number of halogens is 4. The average Bonchev–Trinajstić information content (AvgIpc) is 3.27. The maximum atomic E-state index is 13.6. The maximum absolute atomic E-state index is 13.6. The van der Waals surface area contributed by atoms with Crippen molar-refractivity contribution in [2.24, 2.45) is 0 Å². The molecule has 7 nitrogen and oxygen atoms in total. The van der Waals surface area contributed by atoms with Gasteiger partial charge in [-0.05, 0) is 42.0 Å². The molecule has 1 N–H and O–H groups in total. The van der Waals surface area contributed by atoms with Gasteiger partial charge in [0.25, 0.3) is 0 Å². The van der Waals surface area contributed by atoms with E-state index in [9.17, 15) is 26.3 Å². The quantitative estimate of drug-likeness (QED) is 0.351. The predicted octanol–water partition coefficient (Wildman–Crippen LogP) is 4.36. The molecule has 1 atom stereocenters. The third-order valence-electron chi connectivity index (χ3n) is 4.36. The van der Waals surface area contributed by atoms with Gasteiger partial charge in [0.2, 0.25) is 5.82 Å². The van der Waals surface area contributed by atoms with Gasteiger partial charge in [0, 0.05) is 34.9 Å². The Morgan fingerprint density at radius 2 is 1.78 bits per heavy atom. The number of anilines is 1. The minimum atomic E-state index is -4.86. The number of imidazole rings is 1. The Morgan fingerprint density at radius 1 is 1.03 bits per heavy atom. The van der Waals surface area contributed by atoms with Crippen molar-refractivity contribution in [2.45, 2.75) is 6.18 Å². The van der Waals surface area contributed by atoms with Crippen LogP contribution in [0.3, 0.4) is 0 Å². The summed E-state index contributed by atoms with van der Waals surface area (Å²) in [7, 11) is 0. The third kappa shape index (κ3) is 4.50. The number of aromatic nitrogens is 4. The monoisotopic (exact) mass is 462 g/mol. The van der Waals surface area contributed by atoms with E-state index in [2.05, 4.69) is 19.7 Å². The lowest BCUT2D eigenvalue weighted by Gasteiger charge is -2.18. The van der Waals surface area contributed by atoms with Gasteiger partial charge in [-0.1, -0.05) is 12.1 Å². The molecule has 2 heterocycles. The molecular weight excluding hydrogens is 450 g/mol. The SMILES string of the molecule is O=S([O-])Nc1cccc(-c2c(-c3ccc(F)cc3)nc(C(F)(F)F)nc2-n2ccnc2)c1. The first-order chi connectivity index (χ1) is 15.2. The summed E-state index contributed by atoms with van der Waals surface area (Å²) in [5, 5.41) is 0. The average molecular weight is 462 g/mol. The van der Waals surface area contributed by atoms with Gasteiger partial charge in [0.15, 0.2) is 5.82 Å². The normalized spacial score (nSPS) is 12.5. The smallest absolute Gasteiger partial charge is 0.451 e. The lowest BCUT2D eigenvalue weighted by Crippen LogP contribution is -2.15. The van der Waals surface area contributed by atoms with E-state index in [0.29, 0.717) is 5.56 Å². The summed E-state index contributed by atoms with van der Waals surface area (Å²) in [5.74, 6) is -2.09. The van der Waals surface area contributed by atoms with Crippen LogP contribution in [0, 0.1) is 5.82 Å².